The number of benzene rings is 1. The van der Waals surface area contributed by atoms with E-state index in [1.165, 1.54) is 10.5 Å². The SMILES string of the molecule is CN=[S@@](C)c1ccc(CN(C)C)cc1. The fourth-order valence-electron chi connectivity index (χ4n) is 1.26. The predicted octanol–water partition coefficient (Wildman–Crippen LogP) is 2.17. The van der Waals surface area contributed by atoms with Crippen LogP contribution in [0.1, 0.15) is 5.56 Å². The van der Waals surface area contributed by atoms with Crippen LogP contribution in [0.25, 0.3) is 0 Å². The van der Waals surface area contributed by atoms with Gasteiger partial charge in [0.15, 0.2) is 0 Å². The van der Waals surface area contributed by atoms with E-state index in [4.69, 9.17) is 0 Å². The second-order valence-electron chi connectivity index (χ2n) is 3.54. The predicted molar refractivity (Wildman–Crippen MR) is 63.7 cm³/mol. The summed E-state index contributed by atoms with van der Waals surface area (Å²) in [5.41, 5.74) is 1.35. The van der Waals surface area contributed by atoms with Gasteiger partial charge in [-0.2, -0.15) is 0 Å². The average molecular weight is 210 g/mol. The highest BCUT2D eigenvalue weighted by Gasteiger charge is 1.97. The zero-order valence-corrected chi connectivity index (χ0v) is 10.1. The van der Waals surface area contributed by atoms with Crippen LogP contribution in [0, 0.1) is 0 Å². The molecule has 1 rings (SSSR count). The zero-order valence-electron chi connectivity index (χ0n) is 9.32. The summed E-state index contributed by atoms with van der Waals surface area (Å²) < 4.78 is 4.27. The summed E-state index contributed by atoms with van der Waals surface area (Å²) >= 11 is 0. The molecule has 0 saturated carbocycles. The summed E-state index contributed by atoms with van der Waals surface area (Å²) in [5.74, 6) is 0. The molecule has 0 N–H and O–H groups in total. The Kier molecular flexibility index (Phi) is 4.29. The lowest BCUT2D eigenvalue weighted by atomic mass is 10.2. The van der Waals surface area contributed by atoms with Crippen molar-refractivity contribution in [3.63, 3.8) is 0 Å². The number of nitrogens with zero attached hydrogens (tertiary/aromatic N) is 2. The maximum absolute atomic E-state index is 4.27. The standard InChI is InChI=1S/C11H18N2S/c1-12-14(4)11-7-5-10(6-8-11)9-13(2)3/h5-8H,9H2,1-4H3/t14-/m0/s1. The minimum Gasteiger partial charge on any atom is -0.305 e. The molecule has 0 radical (unpaired) electrons. The Hall–Kier alpha value is -0.670. The Morgan fingerprint density at radius 1 is 1.21 bits per heavy atom. The van der Waals surface area contributed by atoms with Crippen LogP contribution in [0.3, 0.4) is 0 Å². The van der Waals surface area contributed by atoms with Crippen LogP contribution >= 0.6 is 0 Å². The van der Waals surface area contributed by atoms with Gasteiger partial charge in [-0.25, -0.2) is 0 Å². The molecule has 0 amide bonds. The van der Waals surface area contributed by atoms with Crippen molar-refractivity contribution in [2.24, 2.45) is 4.36 Å². The molecule has 78 valence electrons. The zero-order chi connectivity index (χ0) is 10.6. The van der Waals surface area contributed by atoms with Crippen molar-refractivity contribution >= 4 is 10.7 Å². The molecule has 0 aliphatic carbocycles. The van der Waals surface area contributed by atoms with Crippen molar-refractivity contribution in [3.05, 3.63) is 29.8 Å². The molecular weight excluding hydrogens is 192 g/mol. The van der Waals surface area contributed by atoms with E-state index in [2.05, 4.69) is 53.9 Å². The van der Waals surface area contributed by atoms with Gasteiger partial charge in [0.25, 0.3) is 0 Å². The van der Waals surface area contributed by atoms with Gasteiger partial charge >= 0.3 is 0 Å². The number of rotatable bonds is 3. The lowest BCUT2D eigenvalue weighted by Crippen LogP contribution is -2.10. The normalized spacial score (nSPS) is 13.5. The van der Waals surface area contributed by atoms with Crippen LogP contribution in [0.5, 0.6) is 0 Å². The molecule has 0 fully saturated rings. The van der Waals surface area contributed by atoms with Crippen molar-refractivity contribution in [2.75, 3.05) is 27.4 Å². The summed E-state index contributed by atoms with van der Waals surface area (Å²) in [5, 5.41) is 0. The lowest BCUT2D eigenvalue weighted by Gasteiger charge is -2.10. The molecule has 3 heteroatoms. The smallest absolute Gasteiger partial charge is 0.0350 e. The van der Waals surface area contributed by atoms with Gasteiger partial charge in [-0.1, -0.05) is 22.8 Å². The molecular formula is C11H18N2S. The van der Waals surface area contributed by atoms with E-state index in [0.717, 1.165) is 6.54 Å². The molecule has 2 nitrogen and oxygen atoms in total. The first-order valence-electron chi connectivity index (χ1n) is 4.63. The summed E-state index contributed by atoms with van der Waals surface area (Å²) in [4.78, 5) is 3.49. The van der Waals surface area contributed by atoms with E-state index in [0.29, 0.717) is 0 Å². The third kappa shape index (κ3) is 3.24. The highest BCUT2D eigenvalue weighted by atomic mass is 32.2. The molecule has 0 aliphatic rings. The molecule has 0 spiro atoms. The molecule has 14 heavy (non-hydrogen) atoms. The summed E-state index contributed by atoms with van der Waals surface area (Å²) in [6.07, 6.45) is 2.14. The van der Waals surface area contributed by atoms with Gasteiger partial charge in [-0.15, -0.1) is 0 Å². The Morgan fingerprint density at radius 3 is 2.21 bits per heavy atom. The minimum absolute atomic E-state index is 0.0501. The van der Waals surface area contributed by atoms with E-state index in [1.807, 2.05) is 7.05 Å². The van der Waals surface area contributed by atoms with Gasteiger partial charge in [0, 0.05) is 18.5 Å². The van der Waals surface area contributed by atoms with Crippen LogP contribution < -0.4 is 0 Å². The quantitative estimate of drug-likeness (QED) is 0.746. The molecule has 0 unspecified atom stereocenters. The third-order valence-electron chi connectivity index (χ3n) is 2.04. The first-order chi connectivity index (χ1) is 6.63. The maximum atomic E-state index is 4.27. The first kappa shape index (κ1) is 11.4. The molecule has 0 aliphatic heterocycles. The fraction of sp³-hybridized carbons (Fsp3) is 0.455. The van der Waals surface area contributed by atoms with Crippen LogP contribution in [0.15, 0.2) is 33.5 Å². The van der Waals surface area contributed by atoms with Crippen molar-refractivity contribution in [3.8, 4) is 0 Å². The van der Waals surface area contributed by atoms with E-state index < -0.39 is 0 Å². The molecule has 0 heterocycles. The third-order valence-corrected chi connectivity index (χ3v) is 3.54. The molecule has 0 bridgehead atoms. The highest BCUT2D eigenvalue weighted by molar-refractivity contribution is 7.86. The highest BCUT2D eigenvalue weighted by Crippen LogP contribution is 2.09. The van der Waals surface area contributed by atoms with Gasteiger partial charge in [-0.05, 0) is 38.0 Å². The second-order valence-corrected chi connectivity index (χ2v) is 5.33. The van der Waals surface area contributed by atoms with Crippen molar-refractivity contribution < 1.29 is 0 Å². The van der Waals surface area contributed by atoms with Gasteiger partial charge in [0.05, 0.1) is 0 Å². The Bertz CT molecular complexity index is 315. The van der Waals surface area contributed by atoms with E-state index in [1.54, 1.807) is 0 Å². The topological polar surface area (TPSA) is 15.6 Å². The van der Waals surface area contributed by atoms with E-state index in [-0.39, 0.29) is 10.7 Å². The van der Waals surface area contributed by atoms with Crippen molar-refractivity contribution in [1.29, 1.82) is 0 Å². The Morgan fingerprint density at radius 2 is 1.79 bits per heavy atom. The molecule has 0 saturated heterocycles. The summed E-state index contributed by atoms with van der Waals surface area (Å²) in [7, 11) is 6.09. The largest absolute Gasteiger partial charge is 0.305 e. The second kappa shape index (κ2) is 5.27. The summed E-state index contributed by atoms with van der Waals surface area (Å²) in [6.45, 7) is 1.00. The minimum atomic E-state index is 0.0501. The van der Waals surface area contributed by atoms with Gasteiger partial charge in [0.1, 0.15) is 0 Å². The average Bonchev–Trinajstić information content (AvgIpc) is 2.17. The van der Waals surface area contributed by atoms with E-state index >= 15 is 0 Å². The van der Waals surface area contributed by atoms with Gasteiger partial charge in [0.2, 0.25) is 0 Å². The van der Waals surface area contributed by atoms with Gasteiger partial charge < -0.3 is 4.90 Å². The van der Waals surface area contributed by atoms with E-state index in [9.17, 15) is 0 Å². The van der Waals surface area contributed by atoms with Crippen molar-refractivity contribution in [1.82, 2.24) is 4.90 Å². The van der Waals surface area contributed by atoms with Crippen LogP contribution in [-0.2, 0) is 17.2 Å². The Balaban J connectivity index is 2.78. The maximum Gasteiger partial charge on any atom is 0.0350 e. The van der Waals surface area contributed by atoms with Crippen LogP contribution in [0.4, 0.5) is 0 Å². The molecule has 0 aromatic heterocycles. The lowest BCUT2D eigenvalue weighted by molar-refractivity contribution is 0.402. The monoisotopic (exact) mass is 210 g/mol. The first-order valence-corrected chi connectivity index (χ1v) is 6.22. The molecule has 1 atom stereocenters. The fourth-order valence-corrected chi connectivity index (χ4v) is 2.00. The van der Waals surface area contributed by atoms with Crippen molar-refractivity contribution in [2.45, 2.75) is 11.4 Å². The molecule has 1 aromatic carbocycles. The summed E-state index contributed by atoms with van der Waals surface area (Å²) in [6, 6.07) is 8.72. The number of hydrogen-bond donors (Lipinski definition) is 0. The Labute approximate surface area is 89.0 Å². The molecule has 1 aromatic rings. The van der Waals surface area contributed by atoms with Crippen LogP contribution in [-0.4, -0.2) is 32.3 Å². The van der Waals surface area contributed by atoms with Gasteiger partial charge in [-0.3, -0.25) is 4.36 Å². The van der Waals surface area contributed by atoms with Crippen LogP contribution in [0.2, 0.25) is 0 Å². The number of hydrogen-bond acceptors (Lipinski definition) is 2.